The van der Waals surface area contributed by atoms with Gasteiger partial charge in [0.05, 0.1) is 6.54 Å². The van der Waals surface area contributed by atoms with Crippen molar-refractivity contribution in [2.45, 2.75) is 29.6 Å². The van der Waals surface area contributed by atoms with E-state index >= 15 is 0 Å². The molecule has 1 aliphatic rings. The summed E-state index contributed by atoms with van der Waals surface area (Å²) in [7, 11) is -3.60. The van der Waals surface area contributed by atoms with Crippen LogP contribution in [-0.2, 0) is 16.6 Å². The molecule has 8 nitrogen and oxygen atoms in total. The highest BCUT2D eigenvalue weighted by atomic mass is 35.5. The molecule has 1 aromatic heterocycles. The van der Waals surface area contributed by atoms with Gasteiger partial charge in [-0.2, -0.15) is 4.31 Å². The first kappa shape index (κ1) is 25.2. The standard InChI is InChI=1S/C24H26ClN5O3S2/c25-18-6-4-16(5-7-18)24(31)28-15-21-8-9-22(34-21)35(32,33)30-12-10-19(11-13-30)29-20-3-1-2-17(14-20)23(26)27/h1-9,14,19,29H,10-13,15H2,(H3,26,27)(H,28,31). The average Bonchev–Trinajstić information content (AvgIpc) is 3.34. The Bertz CT molecular complexity index is 1320. The van der Waals surface area contributed by atoms with Gasteiger partial charge >= 0.3 is 0 Å². The second kappa shape index (κ2) is 10.8. The van der Waals surface area contributed by atoms with Crippen LogP contribution in [0.5, 0.6) is 0 Å². The monoisotopic (exact) mass is 531 g/mol. The van der Waals surface area contributed by atoms with E-state index < -0.39 is 10.0 Å². The summed E-state index contributed by atoms with van der Waals surface area (Å²) in [6, 6.07) is 17.4. The number of benzene rings is 2. The van der Waals surface area contributed by atoms with Gasteiger partial charge in [0.25, 0.3) is 15.9 Å². The average molecular weight is 532 g/mol. The quantitative estimate of drug-likeness (QED) is 0.259. The van der Waals surface area contributed by atoms with E-state index in [1.165, 1.54) is 15.6 Å². The molecule has 0 aliphatic carbocycles. The predicted octanol–water partition coefficient (Wildman–Crippen LogP) is 3.88. The van der Waals surface area contributed by atoms with Crippen LogP contribution in [0, 0.1) is 5.41 Å². The van der Waals surface area contributed by atoms with Gasteiger partial charge in [0.15, 0.2) is 0 Å². The lowest BCUT2D eigenvalue weighted by atomic mass is 10.1. The summed E-state index contributed by atoms with van der Waals surface area (Å²) in [5.74, 6) is -0.239. The van der Waals surface area contributed by atoms with Gasteiger partial charge in [-0.05, 0) is 61.4 Å². The van der Waals surface area contributed by atoms with E-state index in [2.05, 4.69) is 10.6 Å². The summed E-state index contributed by atoms with van der Waals surface area (Å²) >= 11 is 7.02. The molecular formula is C24H26ClN5O3S2. The van der Waals surface area contributed by atoms with Gasteiger partial charge in [-0.15, -0.1) is 11.3 Å². The first-order chi connectivity index (χ1) is 16.7. The Kier molecular flexibility index (Phi) is 7.75. The number of nitrogens with two attached hydrogens (primary N) is 1. The number of anilines is 1. The van der Waals surface area contributed by atoms with Crippen LogP contribution >= 0.6 is 22.9 Å². The van der Waals surface area contributed by atoms with Crippen LogP contribution in [0.2, 0.25) is 5.02 Å². The van der Waals surface area contributed by atoms with E-state index in [-0.39, 0.29) is 28.5 Å². The molecule has 1 amide bonds. The molecule has 2 heterocycles. The van der Waals surface area contributed by atoms with Gasteiger partial charge in [-0.3, -0.25) is 10.2 Å². The zero-order valence-corrected chi connectivity index (χ0v) is 21.2. The Morgan fingerprint density at radius 2 is 1.80 bits per heavy atom. The largest absolute Gasteiger partial charge is 0.384 e. The molecule has 0 bridgehead atoms. The van der Waals surface area contributed by atoms with Crippen molar-refractivity contribution >= 4 is 50.4 Å². The lowest BCUT2D eigenvalue weighted by molar-refractivity contribution is 0.0951. The Labute approximate surface area is 213 Å². The number of sulfonamides is 1. The number of nitrogens with zero attached hydrogens (tertiary/aromatic N) is 1. The van der Waals surface area contributed by atoms with E-state index in [4.69, 9.17) is 22.7 Å². The molecule has 1 saturated heterocycles. The molecule has 0 unspecified atom stereocenters. The van der Waals surface area contributed by atoms with Crippen LogP contribution in [0.25, 0.3) is 0 Å². The number of hydrogen-bond acceptors (Lipinski definition) is 6. The summed E-state index contributed by atoms with van der Waals surface area (Å²) < 4.78 is 28.1. The van der Waals surface area contributed by atoms with E-state index in [0.717, 1.165) is 10.6 Å². The highest BCUT2D eigenvalue weighted by molar-refractivity contribution is 7.91. The molecule has 5 N–H and O–H groups in total. The van der Waals surface area contributed by atoms with Crippen LogP contribution in [0.1, 0.15) is 33.6 Å². The third-order valence-electron chi connectivity index (χ3n) is 5.76. The third-order valence-corrected chi connectivity index (χ3v) is 9.46. The van der Waals surface area contributed by atoms with Crippen molar-refractivity contribution in [2.75, 3.05) is 18.4 Å². The van der Waals surface area contributed by atoms with Gasteiger partial charge in [-0.1, -0.05) is 23.7 Å². The topological polar surface area (TPSA) is 128 Å². The van der Waals surface area contributed by atoms with Gasteiger partial charge in [0.1, 0.15) is 10.0 Å². The van der Waals surface area contributed by atoms with Crippen molar-refractivity contribution in [3.63, 3.8) is 0 Å². The minimum absolute atomic E-state index is 0.00873. The third kappa shape index (κ3) is 6.21. The Hall–Kier alpha value is -2.92. The minimum Gasteiger partial charge on any atom is -0.384 e. The van der Waals surface area contributed by atoms with Crippen molar-refractivity contribution in [3.05, 3.63) is 81.7 Å². The summed E-state index contributed by atoms with van der Waals surface area (Å²) in [5, 5.41) is 14.4. The fraction of sp³-hybridized carbons (Fsp3) is 0.250. The Morgan fingerprint density at radius 3 is 2.49 bits per heavy atom. The molecule has 11 heteroatoms. The van der Waals surface area contributed by atoms with Crippen LogP contribution in [0.3, 0.4) is 0 Å². The molecule has 4 rings (SSSR count). The number of hydrogen-bond donors (Lipinski definition) is 4. The second-order valence-corrected chi connectivity index (χ2v) is 12.0. The number of amides is 1. The number of halogens is 1. The van der Waals surface area contributed by atoms with E-state index in [1.807, 2.05) is 18.2 Å². The number of carbonyl (C=O) groups is 1. The highest BCUT2D eigenvalue weighted by Crippen LogP contribution is 2.28. The van der Waals surface area contributed by atoms with Gasteiger partial charge < -0.3 is 16.4 Å². The molecule has 0 radical (unpaired) electrons. The number of nitrogen functional groups attached to an aromatic ring is 1. The Morgan fingerprint density at radius 1 is 1.09 bits per heavy atom. The molecule has 2 aromatic carbocycles. The molecule has 184 valence electrons. The van der Waals surface area contributed by atoms with Gasteiger partial charge in [0.2, 0.25) is 0 Å². The highest BCUT2D eigenvalue weighted by Gasteiger charge is 2.30. The molecule has 3 aromatic rings. The zero-order chi connectivity index (χ0) is 25.0. The molecule has 0 atom stereocenters. The molecule has 0 spiro atoms. The summed E-state index contributed by atoms with van der Waals surface area (Å²) in [6.45, 7) is 1.06. The summed E-state index contributed by atoms with van der Waals surface area (Å²) in [5.41, 5.74) is 7.56. The number of carbonyl (C=O) groups excluding carboxylic acids is 1. The predicted molar refractivity (Wildman–Crippen MR) is 140 cm³/mol. The second-order valence-electron chi connectivity index (χ2n) is 8.23. The summed E-state index contributed by atoms with van der Waals surface area (Å²) in [6.07, 6.45) is 1.33. The number of thiophene rings is 1. The van der Waals surface area contributed by atoms with E-state index in [0.29, 0.717) is 42.1 Å². The first-order valence-electron chi connectivity index (χ1n) is 11.1. The van der Waals surface area contributed by atoms with Crippen LogP contribution in [0.15, 0.2) is 64.9 Å². The van der Waals surface area contributed by atoms with Gasteiger partial charge in [0, 0.05) is 45.8 Å². The fourth-order valence-electron chi connectivity index (χ4n) is 3.84. The SMILES string of the molecule is N=C(N)c1cccc(NC2CCN(S(=O)(=O)c3ccc(CNC(=O)c4ccc(Cl)cc4)s3)CC2)c1. The maximum atomic E-state index is 13.2. The lowest BCUT2D eigenvalue weighted by Crippen LogP contribution is -2.42. The smallest absolute Gasteiger partial charge is 0.252 e. The van der Waals surface area contributed by atoms with Crippen molar-refractivity contribution in [2.24, 2.45) is 5.73 Å². The first-order valence-corrected chi connectivity index (χ1v) is 13.7. The van der Waals surface area contributed by atoms with Crippen LogP contribution < -0.4 is 16.4 Å². The number of piperidine rings is 1. The number of amidine groups is 1. The molecule has 1 fully saturated rings. The maximum Gasteiger partial charge on any atom is 0.252 e. The normalized spacial score (nSPS) is 15.0. The van der Waals surface area contributed by atoms with Crippen molar-refractivity contribution in [1.29, 1.82) is 5.41 Å². The number of nitrogens with one attached hydrogen (secondary N) is 3. The minimum atomic E-state index is -3.60. The number of rotatable bonds is 8. The van der Waals surface area contributed by atoms with E-state index in [9.17, 15) is 13.2 Å². The maximum absolute atomic E-state index is 13.2. The summed E-state index contributed by atoms with van der Waals surface area (Å²) in [4.78, 5) is 13.1. The van der Waals surface area contributed by atoms with E-state index in [1.54, 1.807) is 42.5 Å². The molecule has 1 aliphatic heterocycles. The van der Waals surface area contributed by atoms with Crippen molar-refractivity contribution < 1.29 is 13.2 Å². The van der Waals surface area contributed by atoms with Crippen LogP contribution in [0.4, 0.5) is 5.69 Å². The van der Waals surface area contributed by atoms with Crippen molar-refractivity contribution in [1.82, 2.24) is 9.62 Å². The molecular weight excluding hydrogens is 506 g/mol. The fourth-order valence-corrected chi connectivity index (χ4v) is 6.89. The Balaban J connectivity index is 1.31. The zero-order valence-electron chi connectivity index (χ0n) is 18.8. The lowest BCUT2D eigenvalue weighted by Gasteiger charge is -2.31. The van der Waals surface area contributed by atoms with Gasteiger partial charge in [-0.25, -0.2) is 8.42 Å². The molecule has 0 saturated carbocycles. The van der Waals surface area contributed by atoms with Crippen molar-refractivity contribution in [3.8, 4) is 0 Å². The molecule has 35 heavy (non-hydrogen) atoms. The van der Waals surface area contributed by atoms with Crippen LogP contribution in [-0.4, -0.2) is 43.6 Å².